The summed E-state index contributed by atoms with van der Waals surface area (Å²) in [5.74, 6) is 0.727. The summed E-state index contributed by atoms with van der Waals surface area (Å²) in [6, 6.07) is 5.91. The lowest BCUT2D eigenvalue weighted by molar-refractivity contribution is -0.141. The van der Waals surface area contributed by atoms with Crippen molar-refractivity contribution < 1.29 is 22.7 Å². The first-order chi connectivity index (χ1) is 16.8. The fraction of sp³-hybridized carbons (Fsp3) is 0.542. The number of hydrazine groups is 1. The Kier molecular flexibility index (Phi) is 6.41. The first kappa shape index (κ1) is 24.0. The van der Waals surface area contributed by atoms with Gasteiger partial charge in [-0.2, -0.15) is 13.2 Å². The molecule has 3 N–H and O–H groups in total. The Bertz CT molecular complexity index is 1040. The second kappa shape index (κ2) is 9.36. The molecule has 5 rings (SSSR count). The van der Waals surface area contributed by atoms with Crippen LogP contribution in [0.5, 0.6) is 5.75 Å². The molecule has 8 nitrogen and oxygen atoms in total. The maximum absolute atomic E-state index is 13.3. The molecule has 4 heterocycles. The van der Waals surface area contributed by atoms with E-state index in [2.05, 4.69) is 26.0 Å². The largest absolute Gasteiger partial charge is 0.495 e. The van der Waals surface area contributed by atoms with Gasteiger partial charge in [-0.1, -0.05) is 13.0 Å². The summed E-state index contributed by atoms with van der Waals surface area (Å²) in [5.41, 5.74) is 4.11. The monoisotopic (exact) mass is 490 g/mol. The Balaban J connectivity index is 1.39. The molecule has 1 amide bonds. The molecule has 11 heteroatoms. The summed E-state index contributed by atoms with van der Waals surface area (Å²) in [6.07, 6.45) is 1.02. The van der Waals surface area contributed by atoms with Gasteiger partial charge >= 0.3 is 6.18 Å². The lowest BCUT2D eigenvalue weighted by atomic mass is 9.91. The van der Waals surface area contributed by atoms with Crippen LogP contribution < -0.4 is 20.8 Å². The van der Waals surface area contributed by atoms with Gasteiger partial charge in [0.15, 0.2) is 0 Å². The average molecular weight is 491 g/mol. The van der Waals surface area contributed by atoms with E-state index in [0.29, 0.717) is 30.1 Å². The number of pyridine rings is 2. The van der Waals surface area contributed by atoms with Crippen LogP contribution >= 0.6 is 0 Å². The number of methoxy groups -OCH3 is 1. The predicted octanol–water partition coefficient (Wildman–Crippen LogP) is 2.78. The highest BCUT2D eigenvalue weighted by molar-refractivity contribution is 5.81. The van der Waals surface area contributed by atoms with Crippen molar-refractivity contribution in [3.63, 3.8) is 0 Å². The van der Waals surface area contributed by atoms with Crippen LogP contribution in [-0.2, 0) is 17.4 Å². The minimum atomic E-state index is -4.49. The summed E-state index contributed by atoms with van der Waals surface area (Å²) in [5, 5.41) is 8.68. The first-order valence-electron chi connectivity index (χ1n) is 11.9. The number of amides is 1. The highest BCUT2D eigenvalue weighted by Gasteiger charge is 2.55. The second-order valence-electron chi connectivity index (χ2n) is 9.39. The summed E-state index contributed by atoms with van der Waals surface area (Å²) in [6.45, 7) is 1.98. The lowest BCUT2D eigenvalue weighted by Crippen LogP contribution is -2.65. The summed E-state index contributed by atoms with van der Waals surface area (Å²) < 4.78 is 44.2. The molecule has 4 unspecified atom stereocenters. The molecule has 2 aromatic rings. The van der Waals surface area contributed by atoms with Gasteiger partial charge < -0.3 is 10.1 Å². The summed E-state index contributed by atoms with van der Waals surface area (Å²) in [7, 11) is 1.58. The first-order valence-corrected chi connectivity index (χ1v) is 11.9. The van der Waals surface area contributed by atoms with Gasteiger partial charge in [0.2, 0.25) is 5.91 Å². The third kappa shape index (κ3) is 4.85. The van der Waals surface area contributed by atoms with Gasteiger partial charge in [-0.05, 0) is 48.9 Å². The molecule has 2 aromatic heterocycles. The van der Waals surface area contributed by atoms with Crippen LogP contribution in [0, 0.1) is 11.8 Å². The van der Waals surface area contributed by atoms with Gasteiger partial charge in [0.25, 0.3) is 0 Å². The fourth-order valence-corrected chi connectivity index (χ4v) is 5.18. The number of nitrogens with one attached hydrogen (secondary N) is 3. The van der Waals surface area contributed by atoms with E-state index in [-0.39, 0.29) is 36.2 Å². The quantitative estimate of drug-likeness (QED) is 0.550. The SMILES string of the molecule is CC[C@@H](c1ccc(C(F)(F)F)nc1)N1NC(C2CC2)C2C(=O)NC(Cc3ccc(OC)cn3)NC21. The van der Waals surface area contributed by atoms with Crippen molar-refractivity contribution in [2.45, 2.75) is 63.2 Å². The van der Waals surface area contributed by atoms with E-state index in [0.717, 1.165) is 24.6 Å². The normalized spacial score (nSPS) is 27.9. The van der Waals surface area contributed by atoms with Gasteiger partial charge in [0.05, 0.1) is 37.6 Å². The molecule has 3 fully saturated rings. The van der Waals surface area contributed by atoms with Gasteiger partial charge in [0.1, 0.15) is 11.4 Å². The van der Waals surface area contributed by atoms with Gasteiger partial charge in [-0.15, -0.1) is 0 Å². The summed E-state index contributed by atoms with van der Waals surface area (Å²) >= 11 is 0. The number of hydrogen-bond donors (Lipinski definition) is 3. The number of hydrogen-bond acceptors (Lipinski definition) is 7. The number of aromatic nitrogens is 2. The molecule has 2 aliphatic heterocycles. The van der Waals surface area contributed by atoms with E-state index in [9.17, 15) is 18.0 Å². The molecule has 1 saturated carbocycles. The predicted molar refractivity (Wildman–Crippen MR) is 121 cm³/mol. The van der Waals surface area contributed by atoms with E-state index >= 15 is 0 Å². The molecule has 0 bridgehead atoms. The van der Waals surface area contributed by atoms with Crippen molar-refractivity contribution in [1.82, 2.24) is 31.0 Å². The van der Waals surface area contributed by atoms with Crippen LogP contribution in [0.15, 0.2) is 36.7 Å². The van der Waals surface area contributed by atoms with Crippen molar-refractivity contribution in [3.05, 3.63) is 53.6 Å². The number of fused-ring (bicyclic) bond motifs is 1. The Labute approximate surface area is 201 Å². The molecule has 0 radical (unpaired) electrons. The molecule has 3 aliphatic rings. The van der Waals surface area contributed by atoms with Crippen molar-refractivity contribution in [1.29, 1.82) is 0 Å². The number of nitrogens with zero attached hydrogens (tertiary/aromatic N) is 3. The maximum atomic E-state index is 13.3. The van der Waals surface area contributed by atoms with Crippen LogP contribution in [0.3, 0.4) is 0 Å². The van der Waals surface area contributed by atoms with Gasteiger partial charge in [-0.3, -0.25) is 20.1 Å². The average Bonchev–Trinajstić information content (AvgIpc) is 3.61. The van der Waals surface area contributed by atoms with Crippen LogP contribution in [0.4, 0.5) is 13.2 Å². The Morgan fingerprint density at radius 2 is 1.97 bits per heavy atom. The Morgan fingerprint density at radius 3 is 2.54 bits per heavy atom. The third-order valence-electron chi connectivity index (χ3n) is 7.08. The number of rotatable bonds is 7. The van der Waals surface area contributed by atoms with Gasteiger partial charge in [0, 0.05) is 24.4 Å². The Morgan fingerprint density at radius 1 is 1.17 bits per heavy atom. The zero-order chi connectivity index (χ0) is 24.7. The van der Waals surface area contributed by atoms with E-state index < -0.39 is 11.9 Å². The van der Waals surface area contributed by atoms with Crippen LogP contribution in [-0.4, -0.2) is 46.4 Å². The molecule has 188 valence electrons. The van der Waals surface area contributed by atoms with Crippen molar-refractivity contribution >= 4 is 5.91 Å². The topological polar surface area (TPSA) is 91.4 Å². The van der Waals surface area contributed by atoms with E-state index in [1.54, 1.807) is 13.3 Å². The molecule has 0 spiro atoms. The van der Waals surface area contributed by atoms with Crippen molar-refractivity contribution in [3.8, 4) is 5.75 Å². The van der Waals surface area contributed by atoms with E-state index in [4.69, 9.17) is 4.74 Å². The summed E-state index contributed by atoms with van der Waals surface area (Å²) in [4.78, 5) is 21.3. The minimum Gasteiger partial charge on any atom is -0.495 e. The molecule has 1 aliphatic carbocycles. The zero-order valence-electron chi connectivity index (χ0n) is 19.5. The smallest absolute Gasteiger partial charge is 0.433 e. The second-order valence-corrected chi connectivity index (χ2v) is 9.39. The molecule has 5 atom stereocenters. The van der Waals surface area contributed by atoms with Crippen LogP contribution in [0.1, 0.15) is 49.2 Å². The highest BCUT2D eigenvalue weighted by atomic mass is 19.4. The van der Waals surface area contributed by atoms with Gasteiger partial charge in [-0.25, -0.2) is 10.4 Å². The lowest BCUT2D eigenvalue weighted by Gasteiger charge is -2.39. The van der Waals surface area contributed by atoms with Crippen molar-refractivity contribution in [2.24, 2.45) is 11.8 Å². The zero-order valence-corrected chi connectivity index (χ0v) is 19.5. The Hall–Kier alpha value is -2.76. The number of carbonyl (C=O) groups excluding carboxylic acids is 1. The van der Waals surface area contributed by atoms with E-state index in [1.807, 2.05) is 24.1 Å². The number of halogens is 3. The molecule has 35 heavy (non-hydrogen) atoms. The molecular weight excluding hydrogens is 461 g/mol. The number of alkyl halides is 3. The number of carbonyl (C=O) groups is 1. The van der Waals surface area contributed by atoms with Crippen LogP contribution in [0.2, 0.25) is 0 Å². The molecule has 2 saturated heterocycles. The van der Waals surface area contributed by atoms with Crippen LogP contribution in [0.25, 0.3) is 0 Å². The number of ether oxygens (including phenoxy) is 1. The van der Waals surface area contributed by atoms with E-state index in [1.165, 1.54) is 12.3 Å². The molecule has 0 aromatic carbocycles. The fourth-order valence-electron chi connectivity index (χ4n) is 5.18. The minimum absolute atomic E-state index is 0.0241. The standard InChI is InChI=1S/C24H29F3N6O2/c1-3-17(14-6-9-18(29-11-14)24(25,26)27)33-22-20(21(32-33)13-4-5-13)23(34)31-19(30-22)10-15-7-8-16(35-2)12-28-15/h6-9,11-13,17,19-22,30,32H,3-5,10H2,1-2H3,(H,31,34)/t17-,19?,20?,21?,22?/m0/s1. The maximum Gasteiger partial charge on any atom is 0.433 e. The molecular formula is C24H29F3N6O2. The van der Waals surface area contributed by atoms with Crippen molar-refractivity contribution in [2.75, 3.05) is 7.11 Å². The third-order valence-corrected chi connectivity index (χ3v) is 7.08. The highest BCUT2D eigenvalue weighted by Crippen LogP contribution is 2.43.